The largest absolute Gasteiger partial charge is 0.352 e. The van der Waals surface area contributed by atoms with Gasteiger partial charge >= 0.3 is 0 Å². The Kier molecular flexibility index (Phi) is 11.6. The Morgan fingerprint density at radius 3 is 2.61 bits per heavy atom. The highest BCUT2D eigenvalue weighted by atomic mass is 16.1. The van der Waals surface area contributed by atoms with Crippen molar-refractivity contribution in [2.45, 2.75) is 72.9 Å². The summed E-state index contributed by atoms with van der Waals surface area (Å²) >= 11 is 0. The molecule has 2 aromatic rings. The van der Waals surface area contributed by atoms with E-state index in [1.807, 2.05) is 47.0 Å². The Labute approximate surface area is 228 Å². The van der Waals surface area contributed by atoms with E-state index in [0.29, 0.717) is 18.4 Å². The van der Waals surface area contributed by atoms with Gasteiger partial charge in [-0.15, -0.1) is 12.3 Å². The molecular formula is C32H44N4O2. The minimum atomic E-state index is -0.145. The van der Waals surface area contributed by atoms with E-state index in [9.17, 15) is 9.59 Å². The zero-order valence-electron chi connectivity index (χ0n) is 24.2. The highest BCUT2D eigenvalue weighted by Gasteiger charge is 2.18. The van der Waals surface area contributed by atoms with Crippen molar-refractivity contribution in [2.24, 2.45) is 0 Å². The van der Waals surface area contributed by atoms with Crippen molar-refractivity contribution in [2.75, 3.05) is 20.6 Å². The van der Waals surface area contributed by atoms with Crippen molar-refractivity contribution in [3.05, 3.63) is 86.1 Å². The van der Waals surface area contributed by atoms with E-state index in [1.165, 1.54) is 0 Å². The molecule has 0 aromatic carbocycles. The predicted molar refractivity (Wildman–Crippen MR) is 159 cm³/mol. The Bertz CT molecular complexity index is 1300. The number of aromatic amines is 1. The van der Waals surface area contributed by atoms with Crippen molar-refractivity contribution < 1.29 is 4.79 Å². The van der Waals surface area contributed by atoms with Gasteiger partial charge in [0.05, 0.1) is 6.42 Å². The first-order chi connectivity index (χ1) is 18.0. The molecule has 6 nitrogen and oxygen atoms in total. The Hall–Kier alpha value is -3.56. The predicted octanol–water partition coefficient (Wildman–Crippen LogP) is 5.27. The number of aromatic nitrogens is 2. The van der Waals surface area contributed by atoms with Gasteiger partial charge in [0.1, 0.15) is 0 Å². The molecule has 0 aliphatic rings. The summed E-state index contributed by atoms with van der Waals surface area (Å²) in [6.07, 6.45) is 16.3. The van der Waals surface area contributed by atoms with E-state index in [1.54, 1.807) is 0 Å². The smallest absolute Gasteiger partial charge is 0.253 e. The number of terminal acetylenes is 1. The number of amides is 1. The van der Waals surface area contributed by atoms with E-state index in [-0.39, 0.29) is 30.5 Å². The number of nitrogens with one attached hydrogen (secondary N) is 2. The van der Waals surface area contributed by atoms with Gasteiger partial charge in [-0.05, 0) is 89.0 Å². The molecule has 0 atom stereocenters. The molecule has 0 spiro atoms. The standard InChI is InChI=1S/C32H44N4O2/c1-10-13-26(15-12-14-23(5)20-35(8)9)17-30-28(24(6)21-36(30)22(3)4)18-31(37)33-19-29-27(11-2)16-25(7)34-32(29)38/h1,12,14,16-17,21-22H,5,11,13,15,18-20H2,2-4,6-9H3,(H,33,37)(H,34,38)/b14-12-,26-17+. The normalized spacial score (nSPS) is 11.9. The quantitative estimate of drug-likeness (QED) is 0.282. The van der Waals surface area contributed by atoms with Crippen molar-refractivity contribution >= 4 is 12.0 Å². The van der Waals surface area contributed by atoms with Gasteiger partial charge in [-0.25, -0.2) is 0 Å². The SMILES string of the molecule is C#CC/C(=C\c1c(CC(=O)NCc2c(CC)cc(C)[nH]c2=O)c(C)cn1C(C)C)C/C=C\C(=C)CN(C)C. The lowest BCUT2D eigenvalue weighted by atomic mass is 10.0. The molecule has 0 unspecified atom stereocenters. The minimum absolute atomic E-state index is 0.121. The molecule has 2 rings (SSSR count). The summed E-state index contributed by atoms with van der Waals surface area (Å²) in [4.78, 5) is 30.5. The van der Waals surface area contributed by atoms with Gasteiger partial charge in [0, 0.05) is 48.7 Å². The molecule has 6 heteroatoms. The number of likely N-dealkylation sites (N-methyl/N-ethyl adjacent to an activating group) is 1. The summed E-state index contributed by atoms with van der Waals surface area (Å²) in [5, 5.41) is 2.97. The zero-order chi connectivity index (χ0) is 28.4. The molecule has 0 radical (unpaired) electrons. The molecule has 0 saturated carbocycles. The lowest BCUT2D eigenvalue weighted by Gasteiger charge is -2.14. The number of hydrogen-bond donors (Lipinski definition) is 2. The molecule has 2 heterocycles. The van der Waals surface area contributed by atoms with Crippen LogP contribution in [0.25, 0.3) is 6.08 Å². The van der Waals surface area contributed by atoms with E-state index < -0.39 is 0 Å². The van der Waals surface area contributed by atoms with E-state index >= 15 is 0 Å². The highest BCUT2D eigenvalue weighted by Crippen LogP contribution is 2.26. The first-order valence-corrected chi connectivity index (χ1v) is 13.3. The van der Waals surface area contributed by atoms with Crippen molar-refractivity contribution in [3.63, 3.8) is 0 Å². The first kappa shape index (κ1) is 30.7. The topological polar surface area (TPSA) is 70.1 Å². The van der Waals surface area contributed by atoms with E-state index in [0.717, 1.165) is 52.2 Å². The van der Waals surface area contributed by atoms with Crippen LogP contribution in [0, 0.1) is 26.2 Å². The third-order valence-corrected chi connectivity index (χ3v) is 6.42. The number of allylic oxidation sites excluding steroid dienone is 2. The van der Waals surface area contributed by atoms with E-state index in [2.05, 4.69) is 64.5 Å². The van der Waals surface area contributed by atoms with Crippen LogP contribution in [0.2, 0.25) is 0 Å². The Balaban J connectivity index is 2.31. The average Bonchev–Trinajstić information content (AvgIpc) is 3.12. The molecule has 1 amide bonds. The van der Waals surface area contributed by atoms with Gasteiger partial charge in [0.2, 0.25) is 5.91 Å². The second kappa shape index (κ2) is 14.4. The Morgan fingerprint density at radius 1 is 1.29 bits per heavy atom. The summed E-state index contributed by atoms with van der Waals surface area (Å²) in [6, 6.07) is 2.19. The van der Waals surface area contributed by atoms with Gasteiger partial charge in [0.25, 0.3) is 5.56 Å². The number of pyridine rings is 1. The maximum absolute atomic E-state index is 13.1. The van der Waals surface area contributed by atoms with Crippen LogP contribution in [0.4, 0.5) is 0 Å². The van der Waals surface area contributed by atoms with Crippen LogP contribution < -0.4 is 10.9 Å². The minimum Gasteiger partial charge on any atom is -0.352 e. The molecule has 0 aliphatic heterocycles. The molecule has 2 aromatic heterocycles. The lowest BCUT2D eigenvalue weighted by molar-refractivity contribution is -0.120. The lowest BCUT2D eigenvalue weighted by Crippen LogP contribution is -2.29. The van der Waals surface area contributed by atoms with Crippen LogP contribution >= 0.6 is 0 Å². The van der Waals surface area contributed by atoms with Crippen molar-refractivity contribution in [1.82, 2.24) is 19.8 Å². The fraction of sp³-hybridized carbons (Fsp3) is 0.438. The zero-order valence-corrected chi connectivity index (χ0v) is 24.2. The summed E-state index contributed by atoms with van der Waals surface area (Å²) in [7, 11) is 4.04. The third kappa shape index (κ3) is 8.78. The van der Waals surface area contributed by atoms with Crippen LogP contribution in [0.5, 0.6) is 0 Å². The summed E-state index contributed by atoms with van der Waals surface area (Å²) in [5.41, 5.74) is 7.41. The van der Waals surface area contributed by atoms with Crippen LogP contribution in [-0.2, 0) is 24.2 Å². The number of hydrogen-bond acceptors (Lipinski definition) is 3. The fourth-order valence-corrected chi connectivity index (χ4v) is 4.58. The highest BCUT2D eigenvalue weighted by molar-refractivity contribution is 5.80. The first-order valence-electron chi connectivity index (χ1n) is 13.3. The molecule has 0 aliphatic carbocycles. The van der Waals surface area contributed by atoms with Crippen LogP contribution in [0.3, 0.4) is 0 Å². The number of rotatable bonds is 13. The second-order valence-corrected chi connectivity index (χ2v) is 10.5. The van der Waals surface area contributed by atoms with Crippen molar-refractivity contribution in [3.8, 4) is 12.3 Å². The maximum atomic E-state index is 13.1. The molecular weight excluding hydrogens is 472 g/mol. The van der Waals surface area contributed by atoms with Gasteiger partial charge in [0.15, 0.2) is 0 Å². The van der Waals surface area contributed by atoms with Crippen molar-refractivity contribution in [1.29, 1.82) is 0 Å². The Morgan fingerprint density at radius 2 is 2.00 bits per heavy atom. The average molecular weight is 517 g/mol. The number of carbonyl (C=O) groups is 1. The summed E-state index contributed by atoms with van der Waals surface area (Å²) < 4.78 is 2.20. The van der Waals surface area contributed by atoms with Crippen LogP contribution in [0.15, 0.2) is 46.9 Å². The third-order valence-electron chi connectivity index (χ3n) is 6.42. The van der Waals surface area contributed by atoms with E-state index in [4.69, 9.17) is 6.42 Å². The van der Waals surface area contributed by atoms with Gasteiger partial charge in [-0.1, -0.05) is 31.2 Å². The number of carbonyl (C=O) groups excluding carboxylic acids is 1. The van der Waals surface area contributed by atoms with Gasteiger partial charge < -0.3 is 19.8 Å². The summed E-state index contributed by atoms with van der Waals surface area (Å²) in [5.74, 6) is 2.66. The summed E-state index contributed by atoms with van der Waals surface area (Å²) in [6.45, 7) is 15.3. The molecule has 0 saturated heterocycles. The second-order valence-electron chi connectivity index (χ2n) is 10.5. The van der Waals surface area contributed by atoms with Crippen LogP contribution in [0.1, 0.15) is 73.3 Å². The monoisotopic (exact) mass is 516 g/mol. The van der Waals surface area contributed by atoms with Gasteiger partial charge in [-0.2, -0.15) is 0 Å². The number of H-pyrrole nitrogens is 1. The van der Waals surface area contributed by atoms with Gasteiger partial charge in [-0.3, -0.25) is 9.59 Å². The molecule has 2 N–H and O–H groups in total. The molecule has 204 valence electrons. The molecule has 38 heavy (non-hydrogen) atoms. The molecule has 0 fully saturated rings. The molecule has 0 bridgehead atoms. The number of aryl methyl sites for hydroxylation is 3. The van der Waals surface area contributed by atoms with Crippen LogP contribution in [-0.4, -0.2) is 41.0 Å². The fourth-order valence-electron chi connectivity index (χ4n) is 4.58. The maximum Gasteiger partial charge on any atom is 0.253 e. The number of nitrogens with zero attached hydrogens (tertiary/aromatic N) is 2.